The largest absolute Gasteiger partial charge is 0.282 e. The van der Waals surface area contributed by atoms with E-state index in [1.807, 2.05) is 0 Å². The minimum atomic E-state index is -0.534. The molecule has 1 unspecified atom stereocenters. The summed E-state index contributed by atoms with van der Waals surface area (Å²) in [5, 5.41) is 22.2. The van der Waals surface area contributed by atoms with Crippen LogP contribution >= 0.6 is 11.8 Å². The first-order valence-electron chi connectivity index (χ1n) is 5.77. The van der Waals surface area contributed by atoms with Crippen molar-refractivity contribution in [2.75, 3.05) is 11.6 Å². The van der Waals surface area contributed by atoms with Crippen molar-refractivity contribution in [3.63, 3.8) is 0 Å². The second-order valence-corrected chi connectivity index (χ2v) is 5.71. The van der Waals surface area contributed by atoms with Crippen LogP contribution in [0.25, 0.3) is 0 Å². The SMILES string of the molecule is Cc1c([N+](=O)[O-])cc([N+](=O)[O-])c2c1C1CSCN1C2. The molecule has 1 aromatic carbocycles. The Balaban J connectivity index is 2.26. The van der Waals surface area contributed by atoms with Gasteiger partial charge in [-0.05, 0) is 12.5 Å². The number of nitro groups is 2. The van der Waals surface area contributed by atoms with Gasteiger partial charge in [0.2, 0.25) is 0 Å². The molecule has 100 valence electrons. The van der Waals surface area contributed by atoms with Crippen LogP contribution in [0.2, 0.25) is 0 Å². The quantitative estimate of drug-likeness (QED) is 0.610. The van der Waals surface area contributed by atoms with Crippen molar-refractivity contribution in [1.29, 1.82) is 0 Å². The zero-order valence-corrected chi connectivity index (χ0v) is 11.0. The molecular formula is C11H11N3O4S. The maximum absolute atomic E-state index is 11.1. The zero-order valence-electron chi connectivity index (χ0n) is 10.2. The normalized spacial score (nSPS) is 21.2. The monoisotopic (exact) mass is 281 g/mol. The van der Waals surface area contributed by atoms with E-state index in [4.69, 9.17) is 0 Å². The van der Waals surface area contributed by atoms with Gasteiger partial charge in [-0.3, -0.25) is 25.1 Å². The first-order chi connectivity index (χ1) is 9.00. The fourth-order valence-electron chi connectivity index (χ4n) is 2.90. The summed E-state index contributed by atoms with van der Waals surface area (Å²) < 4.78 is 0. The van der Waals surface area contributed by atoms with Crippen LogP contribution < -0.4 is 0 Å². The Kier molecular flexibility index (Phi) is 2.72. The van der Waals surface area contributed by atoms with Crippen molar-refractivity contribution in [3.05, 3.63) is 43.0 Å². The molecule has 0 bridgehead atoms. The first-order valence-corrected chi connectivity index (χ1v) is 6.93. The summed E-state index contributed by atoms with van der Waals surface area (Å²) in [6.07, 6.45) is 0. The minimum absolute atomic E-state index is 0.0820. The van der Waals surface area contributed by atoms with Crippen LogP contribution in [0.5, 0.6) is 0 Å². The van der Waals surface area contributed by atoms with Gasteiger partial charge < -0.3 is 0 Å². The van der Waals surface area contributed by atoms with Crippen LogP contribution in [0.1, 0.15) is 22.7 Å². The lowest BCUT2D eigenvalue weighted by Gasteiger charge is -2.14. The molecular weight excluding hydrogens is 270 g/mol. The maximum Gasteiger partial charge on any atom is 0.281 e. The van der Waals surface area contributed by atoms with Gasteiger partial charge in [-0.15, -0.1) is 11.8 Å². The third-order valence-electron chi connectivity index (χ3n) is 3.76. The van der Waals surface area contributed by atoms with Crippen molar-refractivity contribution in [3.8, 4) is 0 Å². The molecule has 2 heterocycles. The summed E-state index contributed by atoms with van der Waals surface area (Å²) >= 11 is 1.75. The van der Waals surface area contributed by atoms with Crippen LogP contribution in [0.15, 0.2) is 6.07 Å². The number of nitrogens with zero attached hydrogens (tertiary/aromatic N) is 3. The first kappa shape index (κ1) is 12.4. The van der Waals surface area contributed by atoms with Crippen molar-refractivity contribution in [2.24, 2.45) is 0 Å². The lowest BCUT2D eigenvalue weighted by molar-refractivity contribution is -0.395. The number of rotatable bonds is 2. The summed E-state index contributed by atoms with van der Waals surface area (Å²) in [6.45, 7) is 2.20. The van der Waals surface area contributed by atoms with Gasteiger partial charge in [0.1, 0.15) is 0 Å². The molecule has 2 aliphatic heterocycles. The number of benzene rings is 1. The van der Waals surface area contributed by atoms with E-state index in [0.717, 1.165) is 23.3 Å². The van der Waals surface area contributed by atoms with Gasteiger partial charge in [-0.2, -0.15) is 0 Å². The highest BCUT2D eigenvalue weighted by Gasteiger charge is 2.41. The molecule has 2 aliphatic rings. The number of hydrogen-bond acceptors (Lipinski definition) is 6. The summed E-state index contributed by atoms with van der Waals surface area (Å²) in [5.41, 5.74) is 1.75. The number of fused-ring (bicyclic) bond motifs is 3. The highest BCUT2D eigenvalue weighted by molar-refractivity contribution is 7.99. The average molecular weight is 281 g/mol. The standard InChI is InChI=1S/C11H11N3O4S/c1-6-8(13(15)16)2-9(14(17)18)7-3-12-5-19-4-10(12)11(6)7/h2,10H,3-5H2,1H3. The predicted molar refractivity (Wildman–Crippen MR) is 70.1 cm³/mol. The molecule has 7 nitrogen and oxygen atoms in total. The van der Waals surface area contributed by atoms with Crippen molar-refractivity contribution < 1.29 is 9.85 Å². The average Bonchev–Trinajstić information content (AvgIpc) is 2.87. The molecule has 0 saturated carbocycles. The van der Waals surface area contributed by atoms with Crippen molar-refractivity contribution in [2.45, 2.75) is 19.5 Å². The number of nitro benzene ring substituents is 2. The third-order valence-corrected chi connectivity index (χ3v) is 4.82. The Morgan fingerprint density at radius 3 is 2.63 bits per heavy atom. The minimum Gasteiger partial charge on any atom is -0.282 e. The molecule has 0 aromatic heterocycles. The number of hydrogen-bond donors (Lipinski definition) is 0. The van der Waals surface area contributed by atoms with Crippen LogP contribution in [0.3, 0.4) is 0 Å². The lowest BCUT2D eigenvalue weighted by atomic mass is 9.97. The number of thioether (sulfide) groups is 1. The van der Waals surface area contributed by atoms with Crippen molar-refractivity contribution in [1.82, 2.24) is 4.90 Å². The smallest absolute Gasteiger partial charge is 0.281 e. The van der Waals surface area contributed by atoms with E-state index in [1.54, 1.807) is 18.7 Å². The fourth-order valence-corrected chi connectivity index (χ4v) is 4.11. The second kappa shape index (κ2) is 4.17. The molecule has 3 rings (SSSR count). The van der Waals surface area contributed by atoms with E-state index in [0.29, 0.717) is 17.7 Å². The molecule has 1 aromatic rings. The maximum atomic E-state index is 11.1. The van der Waals surface area contributed by atoms with Gasteiger partial charge >= 0.3 is 0 Å². The Hall–Kier alpha value is -1.67. The molecule has 19 heavy (non-hydrogen) atoms. The Labute approximate surface area is 112 Å². The van der Waals surface area contributed by atoms with Gasteiger partial charge in [0.25, 0.3) is 11.4 Å². The fraction of sp³-hybridized carbons (Fsp3) is 0.455. The summed E-state index contributed by atoms with van der Waals surface area (Å²) in [7, 11) is 0. The molecule has 0 amide bonds. The van der Waals surface area contributed by atoms with E-state index in [-0.39, 0.29) is 17.4 Å². The Morgan fingerprint density at radius 2 is 2.00 bits per heavy atom. The molecule has 1 saturated heterocycles. The van der Waals surface area contributed by atoms with Gasteiger partial charge in [-0.25, -0.2) is 0 Å². The van der Waals surface area contributed by atoms with Crippen LogP contribution in [-0.2, 0) is 6.54 Å². The van der Waals surface area contributed by atoms with E-state index in [2.05, 4.69) is 4.90 Å². The zero-order chi connectivity index (χ0) is 13.7. The van der Waals surface area contributed by atoms with Crippen molar-refractivity contribution >= 4 is 23.1 Å². The summed E-state index contributed by atoms with van der Waals surface area (Å²) in [5.74, 6) is 1.66. The van der Waals surface area contributed by atoms with Crippen LogP contribution in [0, 0.1) is 27.2 Å². The van der Waals surface area contributed by atoms with Crippen LogP contribution in [0.4, 0.5) is 11.4 Å². The lowest BCUT2D eigenvalue weighted by Crippen LogP contribution is -2.15. The molecule has 0 N–H and O–H groups in total. The van der Waals surface area contributed by atoms with Gasteiger partial charge in [0.15, 0.2) is 0 Å². The highest BCUT2D eigenvalue weighted by atomic mass is 32.2. The van der Waals surface area contributed by atoms with E-state index >= 15 is 0 Å². The summed E-state index contributed by atoms with van der Waals surface area (Å²) in [6, 6.07) is 1.18. The highest BCUT2D eigenvalue weighted by Crippen LogP contribution is 2.48. The summed E-state index contributed by atoms with van der Waals surface area (Å²) in [4.78, 5) is 23.3. The third kappa shape index (κ3) is 1.71. The molecule has 0 radical (unpaired) electrons. The molecule has 0 spiro atoms. The Morgan fingerprint density at radius 1 is 1.32 bits per heavy atom. The topological polar surface area (TPSA) is 89.5 Å². The second-order valence-electron chi connectivity index (χ2n) is 4.71. The predicted octanol–water partition coefficient (Wildman–Crippen LogP) is 2.37. The van der Waals surface area contributed by atoms with E-state index in [9.17, 15) is 20.2 Å². The van der Waals surface area contributed by atoms with E-state index in [1.165, 1.54) is 0 Å². The van der Waals surface area contributed by atoms with Crippen LogP contribution in [-0.4, -0.2) is 26.4 Å². The van der Waals surface area contributed by atoms with Gasteiger partial charge in [-0.1, -0.05) is 0 Å². The molecule has 1 fully saturated rings. The molecule has 1 atom stereocenters. The van der Waals surface area contributed by atoms with Gasteiger partial charge in [0, 0.05) is 35.3 Å². The Bertz CT molecular complexity index is 604. The molecule has 8 heteroatoms. The van der Waals surface area contributed by atoms with E-state index < -0.39 is 9.85 Å². The molecule has 0 aliphatic carbocycles. The van der Waals surface area contributed by atoms with Gasteiger partial charge in [0.05, 0.1) is 15.9 Å².